The standard InChI is InChI=1S/C18H19N5O3S/c1-22-7-3-4-13(22)9-16-20-21-18(23(16)2)27-10-17(24)19-12-5-6-14-15(8-12)26-11-25-14/h3-8H,9-11H2,1-2H3,(H,19,24). The molecule has 1 aliphatic heterocycles. The van der Waals surface area contributed by atoms with Crippen molar-refractivity contribution >= 4 is 23.4 Å². The van der Waals surface area contributed by atoms with Crippen molar-refractivity contribution < 1.29 is 14.3 Å². The highest BCUT2D eigenvalue weighted by Gasteiger charge is 2.15. The Labute approximate surface area is 160 Å². The lowest BCUT2D eigenvalue weighted by Gasteiger charge is -2.07. The molecule has 140 valence electrons. The number of aryl methyl sites for hydroxylation is 1. The fourth-order valence-electron chi connectivity index (χ4n) is 2.77. The molecular weight excluding hydrogens is 366 g/mol. The number of hydrogen-bond donors (Lipinski definition) is 1. The van der Waals surface area contributed by atoms with Gasteiger partial charge in [0, 0.05) is 44.2 Å². The van der Waals surface area contributed by atoms with Crippen LogP contribution in [0.1, 0.15) is 11.5 Å². The normalized spacial score (nSPS) is 12.4. The molecule has 0 fully saturated rings. The molecular formula is C18H19N5O3S. The average Bonchev–Trinajstić information content (AvgIpc) is 3.36. The van der Waals surface area contributed by atoms with E-state index in [1.165, 1.54) is 11.8 Å². The minimum atomic E-state index is -0.120. The van der Waals surface area contributed by atoms with Crippen molar-refractivity contribution in [3.8, 4) is 11.5 Å². The maximum atomic E-state index is 12.2. The first kappa shape index (κ1) is 17.5. The molecule has 0 radical (unpaired) electrons. The summed E-state index contributed by atoms with van der Waals surface area (Å²) in [7, 11) is 3.91. The molecule has 0 atom stereocenters. The Bertz CT molecular complexity index is 981. The first-order chi connectivity index (χ1) is 13.1. The summed E-state index contributed by atoms with van der Waals surface area (Å²) in [5.74, 6) is 2.30. The fraction of sp³-hybridized carbons (Fsp3) is 0.278. The van der Waals surface area contributed by atoms with Crippen molar-refractivity contribution in [1.82, 2.24) is 19.3 Å². The Kier molecular flexibility index (Phi) is 4.76. The van der Waals surface area contributed by atoms with Crippen molar-refractivity contribution in [2.45, 2.75) is 11.6 Å². The van der Waals surface area contributed by atoms with Gasteiger partial charge in [0.15, 0.2) is 16.7 Å². The average molecular weight is 385 g/mol. The highest BCUT2D eigenvalue weighted by atomic mass is 32.2. The molecule has 9 heteroatoms. The van der Waals surface area contributed by atoms with E-state index in [1.807, 2.05) is 30.9 Å². The van der Waals surface area contributed by atoms with E-state index in [2.05, 4.69) is 26.1 Å². The number of amides is 1. The molecule has 0 aliphatic carbocycles. The second kappa shape index (κ2) is 7.36. The number of nitrogens with one attached hydrogen (secondary N) is 1. The third-order valence-electron chi connectivity index (χ3n) is 4.30. The highest BCUT2D eigenvalue weighted by Crippen LogP contribution is 2.34. The number of rotatable bonds is 6. The summed E-state index contributed by atoms with van der Waals surface area (Å²) in [5.41, 5.74) is 1.83. The molecule has 8 nitrogen and oxygen atoms in total. The third kappa shape index (κ3) is 3.77. The molecule has 0 saturated heterocycles. The third-order valence-corrected chi connectivity index (χ3v) is 5.32. The predicted molar refractivity (Wildman–Crippen MR) is 101 cm³/mol. The van der Waals surface area contributed by atoms with Crippen LogP contribution in [-0.2, 0) is 25.3 Å². The van der Waals surface area contributed by atoms with Gasteiger partial charge in [0.05, 0.1) is 5.75 Å². The van der Waals surface area contributed by atoms with Gasteiger partial charge in [-0.25, -0.2) is 0 Å². The van der Waals surface area contributed by atoms with Crippen LogP contribution in [0.5, 0.6) is 11.5 Å². The first-order valence-corrected chi connectivity index (χ1v) is 9.39. The zero-order valence-electron chi connectivity index (χ0n) is 15.0. The van der Waals surface area contributed by atoms with E-state index in [1.54, 1.807) is 18.2 Å². The van der Waals surface area contributed by atoms with Crippen LogP contribution < -0.4 is 14.8 Å². The SMILES string of the molecule is Cn1cccc1Cc1nnc(SCC(=O)Nc2ccc3c(c2)OCO3)n1C. The zero-order valence-corrected chi connectivity index (χ0v) is 15.8. The maximum Gasteiger partial charge on any atom is 0.234 e. The maximum absolute atomic E-state index is 12.2. The lowest BCUT2D eigenvalue weighted by molar-refractivity contribution is -0.113. The molecule has 1 N–H and O–H groups in total. The number of fused-ring (bicyclic) bond motifs is 1. The van der Waals surface area contributed by atoms with E-state index in [-0.39, 0.29) is 18.5 Å². The number of benzene rings is 1. The Morgan fingerprint density at radius 2 is 2.07 bits per heavy atom. The predicted octanol–water partition coefficient (Wildman–Crippen LogP) is 2.20. The Morgan fingerprint density at radius 1 is 1.22 bits per heavy atom. The molecule has 3 heterocycles. The van der Waals surface area contributed by atoms with E-state index in [4.69, 9.17) is 9.47 Å². The van der Waals surface area contributed by atoms with Crippen molar-refractivity contribution in [3.63, 3.8) is 0 Å². The smallest absolute Gasteiger partial charge is 0.234 e. The van der Waals surface area contributed by atoms with Gasteiger partial charge in [0.1, 0.15) is 5.82 Å². The van der Waals surface area contributed by atoms with Crippen molar-refractivity contribution in [3.05, 3.63) is 48.0 Å². The minimum absolute atomic E-state index is 0.120. The van der Waals surface area contributed by atoms with Gasteiger partial charge in [0.2, 0.25) is 12.7 Å². The molecule has 0 spiro atoms. The van der Waals surface area contributed by atoms with Crippen LogP contribution in [0.25, 0.3) is 0 Å². The molecule has 0 saturated carbocycles. The van der Waals surface area contributed by atoms with Gasteiger partial charge >= 0.3 is 0 Å². The monoisotopic (exact) mass is 385 g/mol. The number of hydrogen-bond acceptors (Lipinski definition) is 6. The van der Waals surface area contributed by atoms with Crippen LogP contribution in [0.4, 0.5) is 5.69 Å². The van der Waals surface area contributed by atoms with Crippen LogP contribution >= 0.6 is 11.8 Å². The minimum Gasteiger partial charge on any atom is -0.454 e. The lowest BCUT2D eigenvalue weighted by Crippen LogP contribution is -2.14. The summed E-state index contributed by atoms with van der Waals surface area (Å²) in [5, 5.41) is 12.0. The van der Waals surface area contributed by atoms with Crippen LogP contribution in [-0.4, -0.2) is 37.8 Å². The van der Waals surface area contributed by atoms with Crippen molar-refractivity contribution in [2.24, 2.45) is 14.1 Å². The first-order valence-electron chi connectivity index (χ1n) is 8.41. The van der Waals surface area contributed by atoms with Crippen LogP contribution in [0, 0.1) is 0 Å². The van der Waals surface area contributed by atoms with E-state index in [0.29, 0.717) is 28.8 Å². The second-order valence-electron chi connectivity index (χ2n) is 6.15. The number of ether oxygens (including phenoxy) is 2. The number of thioether (sulfide) groups is 1. The Morgan fingerprint density at radius 3 is 2.89 bits per heavy atom. The summed E-state index contributed by atoms with van der Waals surface area (Å²) in [6.45, 7) is 0.208. The van der Waals surface area contributed by atoms with Crippen LogP contribution in [0.3, 0.4) is 0 Å². The largest absolute Gasteiger partial charge is 0.454 e. The summed E-state index contributed by atoms with van der Waals surface area (Å²) < 4.78 is 14.6. The van der Waals surface area contributed by atoms with Gasteiger partial charge in [-0.3, -0.25) is 4.79 Å². The van der Waals surface area contributed by atoms with Crippen molar-refractivity contribution in [1.29, 1.82) is 0 Å². The summed E-state index contributed by atoms with van der Waals surface area (Å²) in [4.78, 5) is 12.2. The summed E-state index contributed by atoms with van der Waals surface area (Å²) >= 11 is 1.35. The number of aromatic nitrogens is 4. The van der Waals surface area contributed by atoms with Gasteiger partial charge in [-0.1, -0.05) is 11.8 Å². The van der Waals surface area contributed by atoms with Crippen molar-refractivity contribution in [2.75, 3.05) is 17.9 Å². The molecule has 0 bridgehead atoms. The highest BCUT2D eigenvalue weighted by molar-refractivity contribution is 7.99. The van der Waals surface area contributed by atoms with Crippen LogP contribution in [0.2, 0.25) is 0 Å². The molecule has 1 amide bonds. The van der Waals surface area contributed by atoms with Crippen LogP contribution in [0.15, 0.2) is 41.7 Å². The van der Waals surface area contributed by atoms with Gasteiger partial charge in [-0.2, -0.15) is 0 Å². The van der Waals surface area contributed by atoms with E-state index >= 15 is 0 Å². The zero-order chi connectivity index (χ0) is 18.8. The van der Waals surface area contributed by atoms with E-state index in [0.717, 1.165) is 11.5 Å². The van der Waals surface area contributed by atoms with Gasteiger partial charge in [-0.15, -0.1) is 10.2 Å². The molecule has 0 unspecified atom stereocenters. The second-order valence-corrected chi connectivity index (χ2v) is 7.09. The van der Waals surface area contributed by atoms with Gasteiger partial charge < -0.3 is 23.9 Å². The van der Waals surface area contributed by atoms with E-state index in [9.17, 15) is 4.79 Å². The Hall–Kier alpha value is -2.94. The quantitative estimate of drug-likeness (QED) is 0.655. The lowest BCUT2D eigenvalue weighted by atomic mass is 10.3. The molecule has 3 aromatic rings. The molecule has 4 rings (SSSR count). The number of nitrogens with zero attached hydrogens (tertiary/aromatic N) is 4. The molecule has 27 heavy (non-hydrogen) atoms. The number of anilines is 1. The molecule has 1 aromatic carbocycles. The molecule has 1 aliphatic rings. The molecule has 2 aromatic heterocycles. The Balaban J connectivity index is 1.34. The summed E-state index contributed by atoms with van der Waals surface area (Å²) in [6.07, 6.45) is 2.69. The van der Waals surface area contributed by atoms with E-state index < -0.39 is 0 Å². The number of carbonyl (C=O) groups excluding carboxylic acids is 1. The topological polar surface area (TPSA) is 83.2 Å². The van der Waals surface area contributed by atoms with Gasteiger partial charge in [0.25, 0.3) is 0 Å². The van der Waals surface area contributed by atoms with Gasteiger partial charge in [-0.05, 0) is 24.3 Å². The fourth-order valence-corrected chi connectivity index (χ4v) is 3.50. The number of carbonyl (C=O) groups is 1. The summed E-state index contributed by atoms with van der Waals surface area (Å²) in [6, 6.07) is 9.38.